The van der Waals surface area contributed by atoms with E-state index in [4.69, 9.17) is 13.8 Å². The first-order valence-electron chi connectivity index (χ1n) is 11.0. The molecule has 2 unspecified atom stereocenters. The van der Waals surface area contributed by atoms with E-state index < -0.39 is 0 Å². The van der Waals surface area contributed by atoms with Gasteiger partial charge in [-0.2, -0.15) is 0 Å². The van der Waals surface area contributed by atoms with Gasteiger partial charge in [0.1, 0.15) is 16.4 Å². The highest BCUT2D eigenvalue weighted by Crippen LogP contribution is 2.36. The second kappa shape index (κ2) is 9.23. The van der Waals surface area contributed by atoms with E-state index in [9.17, 15) is 9.59 Å². The quantitative estimate of drug-likeness (QED) is 0.300. The molecule has 0 fully saturated rings. The van der Waals surface area contributed by atoms with E-state index >= 15 is 0 Å². The van der Waals surface area contributed by atoms with Crippen LogP contribution in [-0.2, 0) is 24.2 Å². The number of nitrogens with one attached hydrogen (secondary N) is 1. The van der Waals surface area contributed by atoms with E-state index in [1.54, 1.807) is 40.6 Å². The molecule has 1 aliphatic rings. The van der Waals surface area contributed by atoms with Crippen molar-refractivity contribution in [2.24, 2.45) is 5.92 Å². The Kier molecular flexibility index (Phi) is 6.16. The summed E-state index contributed by atoms with van der Waals surface area (Å²) in [4.78, 5) is 33.1. The molecular weight excluding hydrogens is 458 g/mol. The van der Waals surface area contributed by atoms with Crippen LogP contribution in [0.3, 0.4) is 0 Å². The van der Waals surface area contributed by atoms with Gasteiger partial charge in [-0.05, 0) is 61.9 Å². The van der Waals surface area contributed by atoms with Crippen LogP contribution in [0.5, 0.6) is 0 Å². The summed E-state index contributed by atoms with van der Waals surface area (Å²) < 4.78 is 12.5. The summed E-state index contributed by atoms with van der Waals surface area (Å²) in [5.74, 6) is 1.98. The minimum atomic E-state index is -0.236. The molecule has 0 aliphatic heterocycles. The highest BCUT2D eigenvalue weighted by Gasteiger charge is 2.25. The number of rotatable bonds is 7. The van der Waals surface area contributed by atoms with Gasteiger partial charge >= 0.3 is 0 Å². The summed E-state index contributed by atoms with van der Waals surface area (Å²) in [7, 11) is 0. The summed E-state index contributed by atoms with van der Waals surface area (Å²) in [5, 5.41) is 4.18. The Labute approximate surface area is 199 Å². The van der Waals surface area contributed by atoms with Gasteiger partial charge in [-0.3, -0.25) is 14.2 Å². The van der Waals surface area contributed by atoms with E-state index in [0.29, 0.717) is 22.6 Å². The fraction of sp³-hybridized carbons (Fsp3) is 0.375. The molecule has 4 heterocycles. The third-order valence-corrected chi connectivity index (χ3v) is 8.08. The number of aryl methyl sites for hydroxylation is 1. The zero-order valence-corrected chi connectivity index (χ0v) is 20.1. The number of furan rings is 2. The number of thiophene rings is 1. The lowest BCUT2D eigenvalue weighted by Crippen LogP contribution is -2.29. The zero-order chi connectivity index (χ0) is 22.9. The largest absolute Gasteiger partial charge is 0.467 e. The average molecular weight is 484 g/mol. The average Bonchev–Trinajstić information content (AvgIpc) is 3.55. The molecule has 1 N–H and O–H groups in total. The molecule has 4 aromatic rings. The van der Waals surface area contributed by atoms with Gasteiger partial charge in [0.2, 0.25) is 5.91 Å². The van der Waals surface area contributed by atoms with Gasteiger partial charge in [0.15, 0.2) is 5.16 Å². The molecule has 1 amide bonds. The van der Waals surface area contributed by atoms with Crippen LogP contribution in [-0.4, -0.2) is 21.2 Å². The molecule has 0 spiro atoms. The van der Waals surface area contributed by atoms with Crippen LogP contribution in [0, 0.1) is 5.92 Å². The van der Waals surface area contributed by atoms with Crippen LogP contribution in [0.2, 0.25) is 0 Å². The topological polar surface area (TPSA) is 90.3 Å². The van der Waals surface area contributed by atoms with Crippen molar-refractivity contribution in [3.8, 4) is 0 Å². The van der Waals surface area contributed by atoms with Gasteiger partial charge in [0.25, 0.3) is 5.56 Å². The molecule has 33 heavy (non-hydrogen) atoms. The summed E-state index contributed by atoms with van der Waals surface area (Å²) in [6, 6.07) is 7.03. The van der Waals surface area contributed by atoms with E-state index in [-0.39, 0.29) is 29.8 Å². The number of carbonyl (C=O) groups is 1. The molecule has 0 saturated carbocycles. The summed E-state index contributed by atoms with van der Waals surface area (Å²) in [5.41, 5.74) is 1.09. The first-order chi connectivity index (χ1) is 16.0. The van der Waals surface area contributed by atoms with Crippen molar-refractivity contribution < 1.29 is 13.6 Å². The Morgan fingerprint density at radius 2 is 2.15 bits per heavy atom. The fourth-order valence-corrected chi connectivity index (χ4v) is 6.47. The lowest BCUT2D eigenvalue weighted by Gasteiger charge is -2.17. The summed E-state index contributed by atoms with van der Waals surface area (Å²) >= 11 is 2.88. The third kappa shape index (κ3) is 4.52. The maximum absolute atomic E-state index is 13.6. The van der Waals surface area contributed by atoms with Crippen molar-refractivity contribution in [1.29, 1.82) is 0 Å². The highest BCUT2D eigenvalue weighted by atomic mass is 32.2. The molecule has 2 atom stereocenters. The van der Waals surface area contributed by atoms with Crippen molar-refractivity contribution in [3.05, 3.63) is 69.1 Å². The minimum Gasteiger partial charge on any atom is -0.467 e. The minimum absolute atomic E-state index is 0.0599. The third-order valence-electron chi connectivity index (χ3n) is 5.95. The molecule has 0 radical (unpaired) electrons. The van der Waals surface area contributed by atoms with Crippen LogP contribution >= 0.6 is 23.1 Å². The standard InChI is InChI=1S/C24H25N3O4S2/c1-14-7-8-17-19(11-14)33-22-21(17)23(29)27(12-16-5-3-9-30-16)24(26-22)32-13-20(28)25-15(2)18-6-4-10-31-18/h3-6,9-10,14-15H,7-8,11-13H2,1-2H3,(H,25,28). The van der Waals surface area contributed by atoms with Crippen molar-refractivity contribution >= 4 is 39.2 Å². The Balaban J connectivity index is 1.45. The van der Waals surface area contributed by atoms with Crippen LogP contribution < -0.4 is 10.9 Å². The molecule has 5 rings (SSSR count). The second-order valence-electron chi connectivity index (χ2n) is 8.49. The Bertz CT molecular complexity index is 1320. The first-order valence-corrected chi connectivity index (χ1v) is 12.8. The Morgan fingerprint density at radius 1 is 1.33 bits per heavy atom. The second-order valence-corrected chi connectivity index (χ2v) is 10.5. The molecule has 4 aromatic heterocycles. The van der Waals surface area contributed by atoms with Crippen molar-refractivity contribution in [2.45, 2.75) is 50.9 Å². The number of thioether (sulfide) groups is 1. The Hall–Kier alpha value is -2.78. The normalized spacial score (nSPS) is 16.6. The number of fused-ring (bicyclic) bond motifs is 3. The molecule has 0 bridgehead atoms. The van der Waals surface area contributed by atoms with Crippen LogP contribution in [0.4, 0.5) is 0 Å². The molecule has 9 heteroatoms. The molecule has 1 aliphatic carbocycles. The van der Waals surface area contributed by atoms with Crippen molar-refractivity contribution in [2.75, 3.05) is 5.75 Å². The predicted molar refractivity (Wildman–Crippen MR) is 129 cm³/mol. The highest BCUT2D eigenvalue weighted by molar-refractivity contribution is 7.99. The molecule has 7 nitrogen and oxygen atoms in total. The number of carbonyl (C=O) groups excluding carboxylic acids is 1. The first kappa shape index (κ1) is 22.0. The van der Waals surface area contributed by atoms with Crippen molar-refractivity contribution in [1.82, 2.24) is 14.9 Å². The van der Waals surface area contributed by atoms with E-state index in [0.717, 1.165) is 35.0 Å². The predicted octanol–water partition coefficient (Wildman–Crippen LogP) is 4.79. The fourth-order valence-electron chi connectivity index (χ4n) is 4.23. The maximum Gasteiger partial charge on any atom is 0.263 e. The zero-order valence-electron chi connectivity index (χ0n) is 18.5. The van der Waals surface area contributed by atoms with Crippen LogP contribution in [0.1, 0.15) is 48.3 Å². The van der Waals surface area contributed by atoms with Gasteiger partial charge in [0.05, 0.1) is 36.3 Å². The number of hydrogen-bond donors (Lipinski definition) is 1. The van der Waals surface area contributed by atoms with Gasteiger partial charge in [-0.1, -0.05) is 18.7 Å². The lowest BCUT2D eigenvalue weighted by atomic mass is 9.89. The molecule has 172 valence electrons. The van der Waals surface area contributed by atoms with Crippen LogP contribution in [0.25, 0.3) is 10.2 Å². The molecule has 0 aromatic carbocycles. The van der Waals surface area contributed by atoms with Crippen LogP contribution in [0.15, 0.2) is 55.6 Å². The Morgan fingerprint density at radius 3 is 2.91 bits per heavy atom. The maximum atomic E-state index is 13.6. The van der Waals surface area contributed by atoms with E-state index in [2.05, 4.69) is 12.2 Å². The lowest BCUT2D eigenvalue weighted by molar-refractivity contribution is -0.119. The van der Waals surface area contributed by atoms with Gasteiger partial charge in [-0.15, -0.1) is 11.3 Å². The molecular formula is C24H25N3O4S2. The monoisotopic (exact) mass is 483 g/mol. The van der Waals surface area contributed by atoms with Crippen molar-refractivity contribution in [3.63, 3.8) is 0 Å². The number of aromatic nitrogens is 2. The van der Waals surface area contributed by atoms with E-state index in [1.807, 2.05) is 19.1 Å². The van der Waals surface area contributed by atoms with Gasteiger partial charge in [-0.25, -0.2) is 4.98 Å². The number of nitrogens with zero attached hydrogens (tertiary/aromatic N) is 2. The summed E-state index contributed by atoms with van der Waals surface area (Å²) in [6.45, 7) is 4.40. The molecule has 0 saturated heterocycles. The number of amides is 1. The summed E-state index contributed by atoms with van der Waals surface area (Å²) in [6.07, 6.45) is 6.16. The SMILES string of the molecule is CC1CCc2c(sc3nc(SCC(=O)NC(C)c4ccco4)n(Cc4ccco4)c(=O)c23)C1. The number of hydrogen-bond acceptors (Lipinski definition) is 7. The van der Waals surface area contributed by atoms with Gasteiger partial charge in [0, 0.05) is 4.88 Å². The van der Waals surface area contributed by atoms with Gasteiger partial charge < -0.3 is 14.2 Å². The smallest absolute Gasteiger partial charge is 0.263 e. The van der Waals surface area contributed by atoms with E-state index in [1.165, 1.54) is 16.6 Å².